The quantitative estimate of drug-likeness (QED) is 0.340. The van der Waals surface area contributed by atoms with E-state index in [1.165, 1.54) is 0 Å². The normalized spacial score (nSPS) is 7.50. The minimum absolute atomic E-state index is 0. The van der Waals surface area contributed by atoms with Gasteiger partial charge in [-0.05, 0) is 0 Å². The maximum atomic E-state index is 5.34. The van der Waals surface area contributed by atoms with Crippen LogP contribution < -0.4 is 5.73 Å². The van der Waals surface area contributed by atoms with Gasteiger partial charge in [-0.3, -0.25) is 0 Å². The first-order valence-corrected chi connectivity index (χ1v) is 2.11. The molecule has 1 aromatic rings. The van der Waals surface area contributed by atoms with E-state index in [0.717, 1.165) is 5.69 Å². The van der Waals surface area contributed by atoms with E-state index in [1.54, 1.807) is 24.3 Å². The van der Waals surface area contributed by atoms with E-state index in [1.807, 2.05) is 0 Å². The Hall–Kier alpha value is -0.357. The van der Waals surface area contributed by atoms with Gasteiger partial charge >= 0.3 is 0 Å². The number of anilines is 1. The van der Waals surface area contributed by atoms with Crippen molar-refractivity contribution in [2.45, 2.75) is 0 Å². The summed E-state index contributed by atoms with van der Waals surface area (Å²) in [7, 11) is 0. The van der Waals surface area contributed by atoms with Crippen molar-refractivity contribution in [1.82, 2.24) is 0 Å². The molecule has 8 heavy (non-hydrogen) atoms. The van der Waals surface area contributed by atoms with E-state index in [2.05, 4.69) is 6.07 Å². The van der Waals surface area contributed by atoms with Gasteiger partial charge < -0.3 is 5.73 Å². The van der Waals surface area contributed by atoms with Gasteiger partial charge in [-0.1, -0.05) is 5.69 Å². The Bertz CT molecular complexity index is 138. The van der Waals surface area contributed by atoms with Gasteiger partial charge in [0.2, 0.25) is 0 Å². The molecular formula is C6H6NZn-. The van der Waals surface area contributed by atoms with Crippen LogP contribution in [0.15, 0.2) is 24.3 Å². The maximum absolute atomic E-state index is 5.34. The zero-order valence-electron chi connectivity index (χ0n) is 4.59. The van der Waals surface area contributed by atoms with Crippen LogP contribution in [0.25, 0.3) is 0 Å². The third kappa shape index (κ3) is 2.08. The zero-order valence-corrected chi connectivity index (χ0v) is 7.56. The van der Waals surface area contributed by atoms with Crippen molar-refractivity contribution in [1.29, 1.82) is 0 Å². The molecule has 38 valence electrons. The largest absolute Gasteiger partial charge is 0.419 e. The maximum Gasteiger partial charge on any atom is 0 e. The monoisotopic (exact) mass is 156 g/mol. The molecule has 0 unspecified atom stereocenters. The van der Waals surface area contributed by atoms with E-state index >= 15 is 0 Å². The number of nitrogens with two attached hydrogens (primary N) is 1. The molecular weight excluding hydrogens is 151 g/mol. The van der Waals surface area contributed by atoms with Crippen molar-refractivity contribution < 1.29 is 19.5 Å². The Morgan fingerprint density at radius 2 is 1.75 bits per heavy atom. The molecule has 0 aliphatic rings. The fourth-order valence-corrected chi connectivity index (χ4v) is 0.400. The summed E-state index contributed by atoms with van der Waals surface area (Å²) in [6.45, 7) is 0. The molecule has 1 nitrogen and oxygen atoms in total. The topological polar surface area (TPSA) is 26.0 Å². The van der Waals surface area contributed by atoms with Crippen molar-refractivity contribution >= 4 is 5.69 Å². The standard InChI is InChI=1S/C6H6N.Zn/c7-6-4-2-1-3-5-6;/h2-5H,7H2;/q-1;. The Labute approximate surface area is 61.7 Å². The molecule has 0 heterocycles. The minimum atomic E-state index is 0. The van der Waals surface area contributed by atoms with Gasteiger partial charge in [-0.2, -0.15) is 18.2 Å². The molecule has 0 bridgehead atoms. The summed E-state index contributed by atoms with van der Waals surface area (Å²) in [4.78, 5) is 0. The van der Waals surface area contributed by atoms with Gasteiger partial charge in [0.1, 0.15) is 0 Å². The smallest absolute Gasteiger partial charge is 0 e. The molecule has 1 aromatic carbocycles. The summed E-state index contributed by atoms with van der Waals surface area (Å²) in [6.07, 6.45) is 0. The SMILES string of the molecule is Nc1cc[c-]cc1.[Zn]. The molecule has 0 radical (unpaired) electrons. The first-order valence-electron chi connectivity index (χ1n) is 2.11. The van der Waals surface area contributed by atoms with E-state index in [0.29, 0.717) is 0 Å². The van der Waals surface area contributed by atoms with Crippen LogP contribution in [-0.4, -0.2) is 0 Å². The van der Waals surface area contributed by atoms with E-state index in [9.17, 15) is 0 Å². The molecule has 2 N–H and O–H groups in total. The molecule has 0 spiro atoms. The number of hydrogen-bond acceptors (Lipinski definition) is 1. The molecule has 2 heteroatoms. The fourth-order valence-electron chi connectivity index (χ4n) is 0.400. The van der Waals surface area contributed by atoms with Crippen molar-refractivity contribution in [2.24, 2.45) is 0 Å². The average molecular weight is 158 g/mol. The van der Waals surface area contributed by atoms with Crippen LogP contribution in [0.3, 0.4) is 0 Å². The molecule has 0 saturated heterocycles. The van der Waals surface area contributed by atoms with Crippen molar-refractivity contribution in [3.05, 3.63) is 30.3 Å². The predicted molar refractivity (Wildman–Crippen MR) is 29.7 cm³/mol. The fraction of sp³-hybridized carbons (Fsp3) is 0. The van der Waals surface area contributed by atoms with E-state index in [4.69, 9.17) is 5.73 Å². The van der Waals surface area contributed by atoms with E-state index in [-0.39, 0.29) is 19.5 Å². The van der Waals surface area contributed by atoms with Gasteiger partial charge in [-0.15, -0.1) is 12.1 Å². The van der Waals surface area contributed by atoms with Crippen molar-refractivity contribution in [3.8, 4) is 0 Å². The second kappa shape index (κ2) is 3.62. The molecule has 0 saturated carbocycles. The summed E-state index contributed by atoms with van der Waals surface area (Å²) in [5.41, 5.74) is 6.13. The Balaban J connectivity index is 0.000000490. The third-order valence-electron chi connectivity index (χ3n) is 0.744. The summed E-state index contributed by atoms with van der Waals surface area (Å²) in [6, 6.07) is 10.0. The summed E-state index contributed by atoms with van der Waals surface area (Å²) >= 11 is 0. The zero-order chi connectivity index (χ0) is 5.11. The van der Waals surface area contributed by atoms with Crippen LogP contribution in [0.5, 0.6) is 0 Å². The Kier molecular flexibility index (Phi) is 3.46. The third-order valence-corrected chi connectivity index (χ3v) is 0.744. The number of rotatable bonds is 0. The van der Waals surface area contributed by atoms with Gasteiger partial charge in [0, 0.05) is 19.5 Å². The second-order valence-electron chi connectivity index (χ2n) is 1.33. The van der Waals surface area contributed by atoms with Gasteiger partial charge in [-0.25, -0.2) is 0 Å². The molecule has 0 aliphatic carbocycles. The summed E-state index contributed by atoms with van der Waals surface area (Å²) < 4.78 is 0. The van der Waals surface area contributed by atoms with Crippen molar-refractivity contribution in [2.75, 3.05) is 5.73 Å². The minimum Gasteiger partial charge on any atom is -0.419 e. The van der Waals surface area contributed by atoms with Crippen molar-refractivity contribution in [3.63, 3.8) is 0 Å². The van der Waals surface area contributed by atoms with Gasteiger partial charge in [0.05, 0.1) is 0 Å². The molecule has 0 aromatic heterocycles. The Morgan fingerprint density at radius 1 is 1.25 bits per heavy atom. The number of hydrogen-bond donors (Lipinski definition) is 1. The molecule has 0 amide bonds. The van der Waals surface area contributed by atoms with Gasteiger partial charge in [0.15, 0.2) is 0 Å². The molecule has 0 atom stereocenters. The number of nitrogen functional groups attached to an aromatic ring is 1. The van der Waals surface area contributed by atoms with Crippen LogP contribution >= 0.6 is 0 Å². The Morgan fingerprint density at radius 3 is 2.00 bits per heavy atom. The molecule has 1 rings (SSSR count). The van der Waals surface area contributed by atoms with Gasteiger partial charge in [0.25, 0.3) is 0 Å². The second-order valence-corrected chi connectivity index (χ2v) is 1.33. The van der Waals surface area contributed by atoms with Crippen LogP contribution in [0.4, 0.5) is 5.69 Å². The van der Waals surface area contributed by atoms with Crippen LogP contribution in [0.2, 0.25) is 0 Å². The van der Waals surface area contributed by atoms with Crippen LogP contribution in [0, 0.1) is 6.07 Å². The first kappa shape index (κ1) is 7.64. The van der Waals surface area contributed by atoms with E-state index < -0.39 is 0 Å². The van der Waals surface area contributed by atoms with Crippen LogP contribution in [0.1, 0.15) is 0 Å². The number of benzene rings is 1. The molecule has 0 fully saturated rings. The summed E-state index contributed by atoms with van der Waals surface area (Å²) in [5.74, 6) is 0. The summed E-state index contributed by atoms with van der Waals surface area (Å²) in [5, 5.41) is 0. The average Bonchev–Trinajstić information content (AvgIpc) is 1.69. The first-order chi connectivity index (χ1) is 3.39. The molecule has 0 aliphatic heterocycles. The van der Waals surface area contributed by atoms with Crippen LogP contribution in [-0.2, 0) is 19.5 Å². The predicted octanol–water partition coefficient (Wildman–Crippen LogP) is 1.07.